The third kappa shape index (κ3) is 4.09. The third-order valence-electron chi connectivity index (χ3n) is 2.55. The molecule has 2 unspecified atom stereocenters. The molecule has 0 bridgehead atoms. The van der Waals surface area contributed by atoms with Crippen molar-refractivity contribution >= 4 is 9.84 Å². The van der Waals surface area contributed by atoms with Crippen molar-refractivity contribution in [2.45, 2.75) is 37.2 Å². The molecule has 0 aliphatic heterocycles. The van der Waals surface area contributed by atoms with Crippen molar-refractivity contribution in [1.29, 1.82) is 0 Å². The third-order valence-corrected chi connectivity index (χ3v) is 5.34. The van der Waals surface area contributed by atoms with Gasteiger partial charge in [-0.15, -0.1) is 0 Å². The molecule has 4 nitrogen and oxygen atoms in total. The number of rotatable bonds is 8. The Labute approximate surface area is 92.9 Å². The first-order valence-corrected chi connectivity index (χ1v) is 6.86. The van der Waals surface area contributed by atoms with Gasteiger partial charge >= 0.3 is 0 Å². The maximum absolute atomic E-state index is 12.1. The zero-order valence-electron chi connectivity index (χ0n) is 10.0. The Morgan fingerprint density at radius 1 is 0.933 bits per heavy atom. The first kappa shape index (κ1) is 14.9. The summed E-state index contributed by atoms with van der Waals surface area (Å²) < 4.78 is 34.1. The lowest BCUT2D eigenvalue weighted by Gasteiger charge is -2.21. The first-order valence-electron chi connectivity index (χ1n) is 5.25. The van der Waals surface area contributed by atoms with Crippen LogP contribution in [-0.4, -0.2) is 46.4 Å². The van der Waals surface area contributed by atoms with Crippen LogP contribution in [0.5, 0.6) is 0 Å². The second-order valence-corrected chi connectivity index (χ2v) is 6.07. The van der Waals surface area contributed by atoms with E-state index in [1.807, 2.05) is 13.8 Å². The zero-order valence-corrected chi connectivity index (χ0v) is 10.8. The van der Waals surface area contributed by atoms with Gasteiger partial charge in [-0.1, -0.05) is 13.8 Å². The molecule has 15 heavy (non-hydrogen) atoms. The molecule has 0 aromatic rings. The molecule has 0 aliphatic rings. The molecular formula is C10H22O4S. The summed E-state index contributed by atoms with van der Waals surface area (Å²) in [7, 11) is -0.0911. The second kappa shape index (κ2) is 7.19. The molecule has 0 saturated carbocycles. The van der Waals surface area contributed by atoms with E-state index >= 15 is 0 Å². The average molecular weight is 238 g/mol. The Balaban J connectivity index is 4.73. The van der Waals surface area contributed by atoms with E-state index in [2.05, 4.69) is 0 Å². The lowest BCUT2D eigenvalue weighted by atomic mass is 10.3. The lowest BCUT2D eigenvalue weighted by molar-refractivity contribution is 0.186. The second-order valence-electron chi connectivity index (χ2n) is 3.56. The van der Waals surface area contributed by atoms with Gasteiger partial charge in [0.05, 0.1) is 23.7 Å². The van der Waals surface area contributed by atoms with Gasteiger partial charge in [-0.3, -0.25) is 0 Å². The van der Waals surface area contributed by atoms with Crippen LogP contribution < -0.4 is 0 Å². The normalized spacial score (nSPS) is 16.3. The van der Waals surface area contributed by atoms with Gasteiger partial charge < -0.3 is 9.47 Å². The highest BCUT2D eigenvalue weighted by atomic mass is 32.2. The Hall–Kier alpha value is -0.130. The van der Waals surface area contributed by atoms with Gasteiger partial charge in [0, 0.05) is 14.2 Å². The summed E-state index contributed by atoms with van der Waals surface area (Å²) >= 11 is 0. The van der Waals surface area contributed by atoms with E-state index in [9.17, 15) is 8.42 Å². The summed E-state index contributed by atoms with van der Waals surface area (Å²) in [5.74, 6) is 0. The molecule has 0 radical (unpaired) electrons. The molecule has 0 aliphatic carbocycles. The van der Waals surface area contributed by atoms with E-state index in [0.717, 1.165) is 0 Å². The maximum Gasteiger partial charge on any atom is 0.160 e. The lowest BCUT2D eigenvalue weighted by Crippen LogP contribution is -2.36. The number of sulfone groups is 1. The first-order chi connectivity index (χ1) is 7.04. The largest absolute Gasteiger partial charge is 0.383 e. The molecule has 0 amide bonds. The van der Waals surface area contributed by atoms with E-state index in [0.29, 0.717) is 12.8 Å². The molecule has 0 fully saturated rings. The summed E-state index contributed by atoms with van der Waals surface area (Å²) in [6, 6.07) is 0. The van der Waals surface area contributed by atoms with Gasteiger partial charge in [0.25, 0.3) is 0 Å². The van der Waals surface area contributed by atoms with Crippen LogP contribution in [0.4, 0.5) is 0 Å². The van der Waals surface area contributed by atoms with Crippen molar-refractivity contribution in [1.82, 2.24) is 0 Å². The molecule has 2 atom stereocenters. The van der Waals surface area contributed by atoms with E-state index in [-0.39, 0.29) is 13.2 Å². The molecule has 0 aromatic carbocycles. The number of ether oxygens (including phenoxy) is 2. The molecular weight excluding hydrogens is 216 g/mol. The standard InChI is InChI=1S/C10H22O4S/c1-5-9(7-13-3)15(11,12)10(6-2)8-14-4/h9-10H,5-8H2,1-4H3. The molecule has 0 aromatic heterocycles. The molecule has 92 valence electrons. The van der Waals surface area contributed by atoms with Crippen LogP contribution in [0.25, 0.3) is 0 Å². The fourth-order valence-electron chi connectivity index (χ4n) is 1.53. The summed E-state index contributed by atoms with van der Waals surface area (Å²) in [5.41, 5.74) is 0. The summed E-state index contributed by atoms with van der Waals surface area (Å²) in [6.07, 6.45) is 1.16. The van der Waals surface area contributed by atoms with Gasteiger partial charge in [0.15, 0.2) is 9.84 Å². The highest BCUT2D eigenvalue weighted by Crippen LogP contribution is 2.16. The summed E-state index contributed by atoms with van der Waals surface area (Å²) in [4.78, 5) is 0. The smallest absolute Gasteiger partial charge is 0.160 e. The topological polar surface area (TPSA) is 52.6 Å². The molecule has 0 N–H and O–H groups in total. The van der Waals surface area contributed by atoms with Crippen molar-refractivity contribution in [3.63, 3.8) is 0 Å². The zero-order chi connectivity index (χ0) is 11.9. The quantitative estimate of drug-likeness (QED) is 0.638. The van der Waals surface area contributed by atoms with Gasteiger partial charge in [-0.2, -0.15) is 0 Å². The predicted octanol–water partition coefficient (Wildman–Crippen LogP) is 1.25. The van der Waals surface area contributed by atoms with Crippen LogP contribution in [0.1, 0.15) is 26.7 Å². The van der Waals surface area contributed by atoms with Crippen LogP contribution in [0.3, 0.4) is 0 Å². The van der Waals surface area contributed by atoms with Crippen molar-refractivity contribution in [3.8, 4) is 0 Å². The molecule has 0 saturated heterocycles. The minimum absolute atomic E-state index is 0.263. The van der Waals surface area contributed by atoms with Crippen LogP contribution in [-0.2, 0) is 19.3 Å². The van der Waals surface area contributed by atoms with E-state index < -0.39 is 20.3 Å². The minimum Gasteiger partial charge on any atom is -0.383 e. The fourth-order valence-corrected chi connectivity index (χ4v) is 3.66. The molecule has 0 rings (SSSR count). The summed E-state index contributed by atoms with van der Waals surface area (Å²) in [5, 5.41) is -0.829. The van der Waals surface area contributed by atoms with Gasteiger partial charge in [0.1, 0.15) is 0 Å². The highest BCUT2D eigenvalue weighted by molar-refractivity contribution is 7.92. The SMILES string of the molecule is CCC(COC)S(=O)(=O)C(CC)COC. The molecule has 5 heteroatoms. The van der Waals surface area contributed by atoms with Crippen LogP contribution in [0, 0.1) is 0 Å². The molecule has 0 heterocycles. The van der Waals surface area contributed by atoms with E-state index in [1.54, 1.807) is 0 Å². The minimum atomic E-state index is -3.14. The van der Waals surface area contributed by atoms with E-state index in [4.69, 9.17) is 9.47 Å². The van der Waals surface area contributed by atoms with Gasteiger partial charge in [0.2, 0.25) is 0 Å². The Kier molecular flexibility index (Phi) is 7.13. The highest BCUT2D eigenvalue weighted by Gasteiger charge is 2.31. The predicted molar refractivity (Wildman–Crippen MR) is 60.8 cm³/mol. The number of hydrogen-bond donors (Lipinski definition) is 0. The fraction of sp³-hybridized carbons (Fsp3) is 1.00. The van der Waals surface area contributed by atoms with Crippen molar-refractivity contribution in [2.24, 2.45) is 0 Å². The van der Waals surface area contributed by atoms with Crippen molar-refractivity contribution < 1.29 is 17.9 Å². The van der Waals surface area contributed by atoms with Gasteiger partial charge in [-0.25, -0.2) is 8.42 Å². The van der Waals surface area contributed by atoms with Crippen LogP contribution in [0.2, 0.25) is 0 Å². The monoisotopic (exact) mass is 238 g/mol. The average Bonchev–Trinajstić information content (AvgIpc) is 2.21. The number of methoxy groups -OCH3 is 2. The van der Waals surface area contributed by atoms with Gasteiger partial charge in [-0.05, 0) is 12.8 Å². The van der Waals surface area contributed by atoms with Crippen molar-refractivity contribution in [2.75, 3.05) is 27.4 Å². The van der Waals surface area contributed by atoms with Crippen molar-refractivity contribution in [3.05, 3.63) is 0 Å². The van der Waals surface area contributed by atoms with E-state index in [1.165, 1.54) is 14.2 Å². The number of hydrogen-bond acceptors (Lipinski definition) is 4. The molecule has 0 spiro atoms. The summed E-state index contributed by atoms with van der Waals surface area (Å²) in [6.45, 7) is 4.25. The Morgan fingerprint density at radius 2 is 1.27 bits per heavy atom. The van der Waals surface area contributed by atoms with Crippen LogP contribution in [0.15, 0.2) is 0 Å². The maximum atomic E-state index is 12.1. The van der Waals surface area contributed by atoms with Crippen LogP contribution >= 0.6 is 0 Å². The Bertz CT molecular complexity index is 228. The Morgan fingerprint density at radius 3 is 1.47 bits per heavy atom.